The Morgan fingerprint density at radius 2 is 2.08 bits per heavy atom. The molecule has 1 N–H and O–H groups in total. The van der Waals surface area contributed by atoms with E-state index < -0.39 is 0 Å². The fraction of sp³-hybridized carbons (Fsp3) is 1.00. The van der Waals surface area contributed by atoms with Gasteiger partial charge in [-0.15, -0.1) is 0 Å². The van der Waals surface area contributed by atoms with Crippen LogP contribution in [0, 0.1) is 0 Å². The lowest BCUT2D eigenvalue weighted by Crippen LogP contribution is -2.58. The standard InChI is InChI=1S/C11H24N2/c1-4-6-7-10(5-2)13(3)11-8-12-9-11/h10-12H,4-9H2,1-3H3. The number of hydrogen-bond acceptors (Lipinski definition) is 2. The second kappa shape index (κ2) is 5.61. The van der Waals surface area contributed by atoms with Crippen molar-refractivity contribution in [2.75, 3.05) is 20.1 Å². The van der Waals surface area contributed by atoms with Gasteiger partial charge in [0.15, 0.2) is 0 Å². The lowest BCUT2D eigenvalue weighted by molar-refractivity contribution is 0.117. The van der Waals surface area contributed by atoms with Gasteiger partial charge in [-0.1, -0.05) is 26.7 Å². The van der Waals surface area contributed by atoms with Gasteiger partial charge in [-0.2, -0.15) is 0 Å². The van der Waals surface area contributed by atoms with E-state index in [1.807, 2.05) is 0 Å². The summed E-state index contributed by atoms with van der Waals surface area (Å²) in [6, 6.07) is 1.62. The summed E-state index contributed by atoms with van der Waals surface area (Å²) < 4.78 is 0. The van der Waals surface area contributed by atoms with Crippen LogP contribution in [0.2, 0.25) is 0 Å². The monoisotopic (exact) mass is 184 g/mol. The fourth-order valence-corrected chi connectivity index (χ4v) is 2.00. The van der Waals surface area contributed by atoms with E-state index in [2.05, 4.69) is 31.1 Å². The van der Waals surface area contributed by atoms with Crippen LogP contribution in [0.3, 0.4) is 0 Å². The highest BCUT2D eigenvalue weighted by atomic mass is 15.2. The largest absolute Gasteiger partial charge is 0.314 e. The lowest BCUT2D eigenvalue weighted by Gasteiger charge is -2.40. The van der Waals surface area contributed by atoms with Crippen LogP contribution in [0.25, 0.3) is 0 Å². The first-order chi connectivity index (χ1) is 6.29. The molecule has 0 amide bonds. The Hall–Kier alpha value is -0.0800. The molecular formula is C11H24N2. The van der Waals surface area contributed by atoms with Gasteiger partial charge in [-0.25, -0.2) is 0 Å². The van der Waals surface area contributed by atoms with E-state index >= 15 is 0 Å². The minimum Gasteiger partial charge on any atom is -0.314 e. The first-order valence-corrected chi connectivity index (χ1v) is 5.72. The third-order valence-electron chi connectivity index (χ3n) is 3.27. The first kappa shape index (κ1) is 11.0. The average molecular weight is 184 g/mol. The van der Waals surface area contributed by atoms with Gasteiger partial charge in [0.1, 0.15) is 0 Å². The van der Waals surface area contributed by atoms with Gasteiger partial charge in [-0.3, -0.25) is 4.90 Å². The molecule has 0 aromatic rings. The maximum absolute atomic E-state index is 3.34. The molecule has 1 rings (SSSR count). The van der Waals surface area contributed by atoms with Crippen LogP contribution >= 0.6 is 0 Å². The molecule has 78 valence electrons. The van der Waals surface area contributed by atoms with Crippen molar-refractivity contribution in [1.29, 1.82) is 0 Å². The molecule has 1 fully saturated rings. The zero-order chi connectivity index (χ0) is 9.68. The quantitative estimate of drug-likeness (QED) is 0.678. The molecule has 1 aliphatic heterocycles. The van der Waals surface area contributed by atoms with Crippen LogP contribution < -0.4 is 5.32 Å². The Bertz CT molecular complexity index is 132. The molecule has 0 spiro atoms. The van der Waals surface area contributed by atoms with Crippen molar-refractivity contribution in [3.8, 4) is 0 Å². The molecule has 0 saturated carbocycles. The summed E-state index contributed by atoms with van der Waals surface area (Å²) in [7, 11) is 2.29. The van der Waals surface area contributed by atoms with Crippen molar-refractivity contribution in [1.82, 2.24) is 10.2 Å². The van der Waals surface area contributed by atoms with Crippen LogP contribution in [0.5, 0.6) is 0 Å². The molecule has 0 aromatic carbocycles. The van der Waals surface area contributed by atoms with Crippen molar-refractivity contribution >= 4 is 0 Å². The minimum atomic E-state index is 0.807. The van der Waals surface area contributed by atoms with Gasteiger partial charge in [-0.05, 0) is 19.9 Å². The number of nitrogens with one attached hydrogen (secondary N) is 1. The first-order valence-electron chi connectivity index (χ1n) is 5.72. The van der Waals surface area contributed by atoms with E-state index in [-0.39, 0.29) is 0 Å². The Morgan fingerprint density at radius 1 is 1.38 bits per heavy atom. The van der Waals surface area contributed by atoms with Gasteiger partial charge >= 0.3 is 0 Å². The predicted molar refractivity (Wildman–Crippen MR) is 58.0 cm³/mol. The smallest absolute Gasteiger partial charge is 0.0345 e. The molecule has 0 radical (unpaired) electrons. The van der Waals surface area contributed by atoms with E-state index in [0.717, 1.165) is 12.1 Å². The van der Waals surface area contributed by atoms with Gasteiger partial charge in [0, 0.05) is 25.2 Å². The van der Waals surface area contributed by atoms with Crippen molar-refractivity contribution < 1.29 is 0 Å². The van der Waals surface area contributed by atoms with Crippen LogP contribution in [0.15, 0.2) is 0 Å². The highest BCUT2D eigenvalue weighted by Crippen LogP contribution is 2.15. The van der Waals surface area contributed by atoms with Crippen molar-refractivity contribution in [2.45, 2.75) is 51.6 Å². The molecular weight excluding hydrogens is 160 g/mol. The average Bonchev–Trinajstić information content (AvgIpc) is 2.02. The predicted octanol–water partition coefficient (Wildman–Crippen LogP) is 1.86. The molecule has 1 heterocycles. The number of hydrogen-bond donors (Lipinski definition) is 1. The molecule has 2 nitrogen and oxygen atoms in total. The van der Waals surface area contributed by atoms with Gasteiger partial charge < -0.3 is 5.32 Å². The Kier molecular flexibility index (Phi) is 4.74. The van der Waals surface area contributed by atoms with Crippen LogP contribution in [0.4, 0.5) is 0 Å². The molecule has 1 aliphatic rings. The third-order valence-corrected chi connectivity index (χ3v) is 3.27. The minimum absolute atomic E-state index is 0.807. The van der Waals surface area contributed by atoms with Gasteiger partial charge in [0.2, 0.25) is 0 Å². The summed E-state index contributed by atoms with van der Waals surface area (Å²) in [5.74, 6) is 0. The summed E-state index contributed by atoms with van der Waals surface area (Å²) in [6.45, 7) is 6.97. The van der Waals surface area contributed by atoms with E-state index in [4.69, 9.17) is 0 Å². The van der Waals surface area contributed by atoms with Crippen LogP contribution in [-0.2, 0) is 0 Å². The SMILES string of the molecule is CCCCC(CC)N(C)C1CNC1. The number of likely N-dealkylation sites (N-methyl/N-ethyl adjacent to an activating group) is 1. The van der Waals surface area contributed by atoms with Crippen LogP contribution in [-0.4, -0.2) is 37.1 Å². The second-order valence-corrected chi connectivity index (χ2v) is 4.18. The molecule has 1 saturated heterocycles. The molecule has 1 unspecified atom stereocenters. The molecule has 1 atom stereocenters. The summed E-state index contributed by atoms with van der Waals surface area (Å²) in [5.41, 5.74) is 0. The van der Waals surface area contributed by atoms with E-state index in [1.54, 1.807) is 0 Å². The summed E-state index contributed by atoms with van der Waals surface area (Å²) >= 11 is 0. The van der Waals surface area contributed by atoms with Gasteiger partial charge in [0.25, 0.3) is 0 Å². The number of rotatable bonds is 6. The Morgan fingerprint density at radius 3 is 2.46 bits per heavy atom. The van der Waals surface area contributed by atoms with Crippen molar-refractivity contribution in [3.63, 3.8) is 0 Å². The molecule has 0 aliphatic carbocycles. The molecule has 13 heavy (non-hydrogen) atoms. The van der Waals surface area contributed by atoms with Crippen LogP contribution in [0.1, 0.15) is 39.5 Å². The number of nitrogens with zero attached hydrogens (tertiary/aromatic N) is 1. The summed E-state index contributed by atoms with van der Waals surface area (Å²) in [6.07, 6.45) is 5.38. The lowest BCUT2D eigenvalue weighted by atomic mass is 10.0. The third kappa shape index (κ3) is 2.96. The molecule has 0 bridgehead atoms. The van der Waals surface area contributed by atoms with Gasteiger partial charge in [0.05, 0.1) is 0 Å². The fourth-order valence-electron chi connectivity index (χ4n) is 2.00. The molecule has 2 heteroatoms. The summed E-state index contributed by atoms with van der Waals surface area (Å²) in [5, 5.41) is 3.34. The van der Waals surface area contributed by atoms with Crippen molar-refractivity contribution in [3.05, 3.63) is 0 Å². The van der Waals surface area contributed by atoms with E-state index in [1.165, 1.54) is 38.8 Å². The highest BCUT2D eigenvalue weighted by molar-refractivity contribution is 4.86. The summed E-state index contributed by atoms with van der Waals surface area (Å²) in [4.78, 5) is 2.58. The van der Waals surface area contributed by atoms with E-state index in [9.17, 15) is 0 Å². The Labute approximate surface area is 82.7 Å². The normalized spacial score (nSPS) is 20.3. The highest BCUT2D eigenvalue weighted by Gasteiger charge is 2.25. The molecule has 0 aromatic heterocycles. The van der Waals surface area contributed by atoms with Crippen molar-refractivity contribution in [2.24, 2.45) is 0 Å². The number of unbranched alkanes of at least 4 members (excludes halogenated alkanes) is 1. The maximum Gasteiger partial charge on any atom is 0.0345 e. The zero-order valence-corrected chi connectivity index (χ0v) is 9.34. The van der Waals surface area contributed by atoms with E-state index in [0.29, 0.717) is 0 Å². The zero-order valence-electron chi connectivity index (χ0n) is 9.34. The second-order valence-electron chi connectivity index (χ2n) is 4.18. The maximum atomic E-state index is 3.34. The Balaban J connectivity index is 2.26. The topological polar surface area (TPSA) is 15.3 Å².